The lowest BCUT2D eigenvalue weighted by Crippen LogP contribution is -2.22. The quantitative estimate of drug-likeness (QED) is 0.520. The predicted molar refractivity (Wildman–Crippen MR) is 125 cm³/mol. The number of carbonyl (C=O) groups is 3. The van der Waals surface area contributed by atoms with Crippen LogP contribution in [0.3, 0.4) is 0 Å². The highest BCUT2D eigenvalue weighted by molar-refractivity contribution is 7.17. The highest BCUT2D eigenvalue weighted by atomic mass is 32.1. The zero-order valence-corrected chi connectivity index (χ0v) is 19.1. The summed E-state index contributed by atoms with van der Waals surface area (Å²) < 4.78 is 15.4. The van der Waals surface area contributed by atoms with E-state index in [1.807, 2.05) is 42.5 Å². The van der Waals surface area contributed by atoms with Gasteiger partial charge in [0.2, 0.25) is 0 Å². The molecule has 1 aromatic heterocycles. The van der Waals surface area contributed by atoms with Crippen LogP contribution in [-0.4, -0.2) is 38.7 Å². The van der Waals surface area contributed by atoms with Crippen LogP contribution in [0.15, 0.2) is 54.6 Å². The lowest BCUT2D eigenvalue weighted by molar-refractivity contribution is -0.142. The number of benzene rings is 2. The summed E-state index contributed by atoms with van der Waals surface area (Å²) in [6.45, 7) is -0.228. The number of aryl methyl sites for hydroxylation is 1. The summed E-state index contributed by atoms with van der Waals surface area (Å²) in [5.74, 6) is -1.41. The first kappa shape index (κ1) is 22.5. The number of amides is 1. The number of carbonyl (C=O) groups excluding carboxylic acids is 3. The van der Waals surface area contributed by atoms with E-state index in [0.717, 1.165) is 16.0 Å². The average Bonchev–Trinajstić information content (AvgIpc) is 3.41. The van der Waals surface area contributed by atoms with Crippen molar-refractivity contribution in [2.24, 2.45) is 0 Å². The molecule has 1 heterocycles. The minimum atomic E-state index is -0.601. The Balaban J connectivity index is 1.45. The molecule has 0 aliphatic heterocycles. The van der Waals surface area contributed by atoms with Crippen molar-refractivity contribution in [1.29, 1.82) is 0 Å². The highest BCUT2D eigenvalue weighted by Crippen LogP contribution is 2.45. The minimum Gasteiger partial charge on any atom is -0.484 e. The maximum Gasteiger partial charge on any atom is 0.341 e. The molecule has 1 aliphatic carbocycles. The zero-order valence-electron chi connectivity index (χ0n) is 18.3. The molecule has 0 spiro atoms. The molecule has 7 nitrogen and oxygen atoms in total. The molecular formula is C25H23NO6S. The molecule has 2 aromatic carbocycles. The molecule has 1 amide bonds. The first-order valence-electron chi connectivity index (χ1n) is 10.4. The van der Waals surface area contributed by atoms with E-state index < -0.39 is 23.8 Å². The number of esters is 2. The summed E-state index contributed by atoms with van der Waals surface area (Å²) in [5, 5.41) is 3.10. The molecule has 1 N–H and O–H groups in total. The summed E-state index contributed by atoms with van der Waals surface area (Å²) in [5.41, 5.74) is 2.94. The summed E-state index contributed by atoms with van der Waals surface area (Å²) in [6, 6.07) is 17.4. The molecule has 0 fully saturated rings. The maximum absolute atomic E-state index is 12.6. The van der Waals surface area contributed by atoms with Crippen LogP contribution in [0.25, 0.3) is 11.1 Å². The Morgan fingerprint density at radius 1 is 0.970 bits per heavy atom. The van der Waals surface area contributed by atoms with E-state index in [1.54, 1.807) is 12.1 Å². The van der Waals surface area contributed by atoms with Crippen LogP contribution in [-0.2, 0) is 25.5 Å². The molecule has 33 heavy (non-hydrogen) atoms. The molecule has 0 unspecified atom stereocenters. The van der Waals surface area contributed by atoms with Crippen LogP contribution < -0.4 is 10.1 Å². The smallest absolute Gasteiger partial charge is 0.341 e. The topological polar surface area (TPSA) is 90.9 Å². The van der Waals surface area contributed by atoms with Crippen molar-refractivity contribution >= 4 is 34.2 Å². The Morgan fingerprint density at radius 3 is 2.33 bits per heavy atom. The van der Waals surface area contributed by atoms with Crippen LogP contribution >= 0.6 is 11.3 Å². The first-order chi connectivity index (χ1) is 16.0. The number of ether oxygens (including phenoxy) is 3. The SMILES string of the molecule is COC(=O)c1c(NC(=O)COc2ccc(-c3ccccc3)cc2)sc2c1[C@H](C(=O)OC)CC2. The number of anilines is 1. The van der Waals surface area contributed by atoms with Crippen molar-refractivity contribution in [2.75, 3.05) is 26.1 Å². The molecule has 0 radical (unpaired) electrons. The van der Waals surface area contributed by atoms with Gasteiger partial charge in [-0.05, 0) is 41.7 Å². The van der Waals surface area contributed by atoms with E-state index in [1.165, 1.54) is 25.6 Å². The third-order valence-electron chi connectivity index (χ3n) is 5.49. The van der Waals surface area contributed by atoms with E-state index in [4.69, 9.17) is 14.2 Å². The third-order valence-corrected chi connectivity index (χ3v) is 6.67. The fourth-order valence-electron chi connectivity index (χ4n) is 3.92. The largest absolute Gasteiger partial charge is 0.484 e. The number of hydrogen-bond acceptors (Lipinski definition) is 7. The van der Waals surface area contributed by atoms with Crippen LogP contribution in [0.5, 0.6) is 5.75 Å². The number of methoxy groups -OCH3 is 2. The Bertz CT molecular complexity index is 1170. The van der Waals surface area contributed by atoms with Gasteiger partial charge in [-0.25, -0.2) is 4.79 Å². The number of rotatable bonds is 7. The van der Waals surface area contributed by atoms with Crippen LogP contribution in [0.2, 0.25) is 0 Å². The van der Waals surface area contributed by atoms with Gasteiger partial charge < -0.3 is 19.5 Å². The van der Waals surface area contributed by atoms with Crippen molar-refractivity contribution in [2.45, 2.75) is 18.8 Å². The van der Waals surface area contributed by atoms with Crippen molar-refractivity contribution in [3.8, 4) is 16.9 Å². The number of nitrogens with one attached hydrogen (secondary N) is 1. The van der Waals surface area contributed by atoms with E-state index in [0.29, 0.717) is 29.2 Å². The van der Waals surface area contributed by atoms with Crippen LogP contribution in [0.1, 0.15) is 33.1 Å². The zero-order chi connectivity index (χ0) is 23.4. The number of fused-ring (bicyclic) bond motifs is 1. The van der Waals surface area contributed by atoms with Gasteiger partial charge in [0.1, 0.15) is 10.8 Å². The molecule has 0 bridgehead atoms. The molecule has 3 aromatic rings. The average molecular weight is 466 g/mol. The van der Waals surface area contributed by atoms with Crippen molar-refractivity contribution in [3.63, 3.8) is 0 Å². The Labute approximate surface area is 195 Å². The summed E-state index contributed by atoms with van der Waals surface area (Å²) in [4.78, 5) is 38.1. The number of hydrogen-bond donors (Lipinski definition) is 1. The van der Waals surface area contributed by atoms with E-state index in [2.05, 4.69) is 5.32 Å². The molecule has 1 atom stereocenters. The Kier molecular flexibility index (Phi) is 6.74. The second-order valence-electron chi connectivity index (χ2n) is 7.48. The van der Waals surface area contributed by atoms with Gasteiger partial charge in [-0.15, -0.1) is 11.3 Å². The summed E-state index contributed by atoms with van der Waals surface area (Å²) in [6.07, 6.45) is 1.19. The standard InChI is InChI=1S/C25H23NO6S/c1-30-24(28)18-12-13-19-21(18)22(25(29)31-2)23(33-19)26-20(27)14-32-17-10-8-16(9-11-17)15-6-4-3-5-7-15/h3-11,18H,12-14H2,1-2H3,(H,26,27)/t18-/m1/s1. The lowest BCUT2D eigenvalue weighted by Gasteiger charge is -2.12. The van der Waals surface area contributed by atoms with Crippen molar-refractivity contribution < 1.29 is 28.6 Å². The predicted octanol–water partition coefficient (Wildman–Crippen LogP) is 4.42. The van der Waals surface area contributed by atoms with Gasteiger partial charge in [0.25, 0.3) is 5.91 Å². The summed E-state index contributed by atoms with van der Waals surface area (Å²) >= 11 is 1.28. The van der Waals surface area contributed by atoms with E-state index in [-0.39, 0.29) is 12.2 Å². The molecule has 170 valence electrons. The Hall–Kier alpha value is -3.65. The van der Waals surface area contributed by atoms with Crippen LogP contribution in [0, 0.1) is 0 Å². The fraction of sp³-hybridized carbons (Fsp3) is 0.240. The first-order valence-corrected chi connectivity index (χ1v) is 11.2. The van der Waals surface area contributed by atoms with E-state index in [9.17, 15) is 14.4 Å². The van der Waals surface area contributed by atoms with Gasteiger partial charge in [-0.3, -0.25) is 9.59 Å². The summed E-state index contributed by atoms with van der Waals surface area (Å²) in [7, 11) is 2.58. The molecular weight excluding hydrogens is 442 g/mol. The van der Waals surface area contributed by atoms with Gasteiger partial charge in [0.05, 0.1) is 25.7 Å². The van der Waals surface area contributed by atoms with Crippen molar-refractivity contribution in [1.82, 2.24) is 0 Å². The van der Waals surface area contributed by atoms with Crippen LogP contribution in [0.4, 0.5) is 5.00 Å². The lowest BCUT2D eigenvalue weighted by atomic mass is 9.99. The van der Waals surface area contributed by atoms with Gasteiger partial charge >= 0.3 is 11.9 Å². The van der Waals surface area contributed by atoms with Gasteiger partial charge in [-0.1, -0.05) is 42.5 Å². The van der Waals surface area contributed by atoms with Crippen molar-refractivity contribution in [3.05, 3.63) is 70.6 Å². The molecule has 0 saturated heterocycles. The van der Waals surface area contributed by atoms with Gasteiger partial charge in [-0.2, -0.15) is 0 Å². The monoisotopic (exact) mass is 465 g/mol. The molecule has 1 aliphatic rings. The third kappa shape index (κ3) is 4.75. The number of thiophene rings is 1. The minimum absolute atomic E-state index is 0.214. The second-order valence-corrected chi connectivity index (χ2v) is 8.58. The van der Waals surface area contributed by atoms with E-state index >= 15 is 0 Å². The molecule has 8 heteroatoms. The highest BCUT2D eigenvalue weighted by Gasteiger charge is 2.38. The molecule has 0 saturated carbocycles. The van der Waals surface area contributed by atoms with Gasteiger partial charge in [0.15, 0.2) is 6.61 Å². The van der Waals surface area contributed by atoms with Gasteiger partial charge in [0, 0.05) is 4.88 Å². The Morgan fingerprint density at radius 2 is 1.67 bits per heavy atom. The molecule has 4 rings (SSSR count). The second kappa shape index (κ2) is 9.87. The fourth-order valence-corrected chi connectivity index (χ4v) is 5.20. The maximum atomic E-state index is 12.6. The normalized spacial score (nSPS) is 14.3.